The Bertz CT molecular complexity index is 902. The Morgan fingerprint density at radius 3 is 2.43 bits per heavy atom. The Morgan fingerprint density at radius 2 is 1.65 bits per heavy atom. The Hall–Kier alpha value is -3.28. The van der Waals surface area contributed by atoms with E-state index in [9.17, 15) is 9.59 Å². The quantitative estimate of drug-likeness (QED) is 0.679. The molecule has 0 fully saturated rings. The molecule has 6 heteroatoms. The molecule has 1 aromatic heterocycles. The van der Waals surface area contributed by atoms with Gasteiger partial charge >= 0.3 is 0 Å². The summed E-state index contributed by atoms with van der Waals surface area (Å²) in [5.41, 5.74) is 2.45. The van der Waals surface area contributed by atoms with Crippen molar-refractivity contribution in [1.29, 1.82) is 0 Å². The highest BCUT2D eigenvalue weighted by atomic mass is 16.2. The van der Waals surface area contributed by atoms with E-state index in [-0.39, 0.29) is 18.2 Å². The van der Waals surface area contributed by atoms with Crippen LogP contribution < -0.4 is 4.90 Å². The molecule has 0 N–H and O–H groups in total. The lowest BCUT2D eigenvalue weighted by Gasteiger charge is -2.28. The van der Waals surface area contributed by atoms with Crippen LogP contribution in [0.2, 0.25) is 0 Å². The summed E-state index contributed by atoms with van der Waals surface area (Å²) in [6.45, 7) is 0. The molecule has 1 aliphatic heterocycles. The van der Waals surface area contributed by atoms with Gasteiger partial charge in [-0.3, -0.25) is 9.59 Å². The van der Waals surface area contributed by atoms with E-state index in [0.29, 0.717) is 16.9 Å². The summed E-state index contributed by atoms with van der Waals surface area (Å²) < 4.78 is 1.54. The number of benzene rings is 2. The first-order chi connectivity index (χ1) is 11.3. The van der Waals surface area contributed by atoms with Gasteiger partial charge in [-0.15, -0.1) is 0 Å². The second-order valence-electron chi connectivity index (χ2n) is 5.20. The van der Waals surface area contributed by atoms with E-state index < -0.39 is 0 Å². The number of anilines is 1. The van der Waals surface area contributed by atoms with Crippen LogP contribution in [-0.4, -0.2) is 26.6 Å². The van der Waals surface area contributed by atoms with Crippen LogP contribution >= 0.6 is 0 Å². The maximum atomic E-state index is 12.8. The predicted octanol–water partition coefficient (Wildman–Crippen LogP) is 2.00. The van der Waals surface area contributed by atoms with Crippen LogP contribution in [0.5, 0.6) is 0 Å². The van der Waals surface area contributed by atoms with Gasteiger partial charge in [-0.2, -0.15) is 5.10 Å². The maximum Gasteiger partial charge on any atom is 0.265 e. The fourth-order valence-electron chi connectivity index (χ4n) is 2.78. The Morgan fingerprint density at radius 1 is 0.913 bits per heavy atom. The zero-order valence-corrected chi connectivity index (χ0v) is 12.1. The lowest BCUT2D eigenvalue weighted by molar-refractivity contribution is -0.117. The van der Waals surface area contributed by atoms with Crippen molar-refractivity contribution in [3.63, 3.8) is 0 Å². The molecule has 0 aliphatic carbocycles. The number of rotatable bonds is 2. The van der Waals surface area contributed by atoms with Crippen LogP contribution in [0.3, 0.4) is 0 Å². The summed E-state index contributed by atoms with van der Waals surface area (Å²) in [4.78, 5) is 30.5. The van der Waals surface area contributed by atoms with E-state index in [1.54, 1.807) is 30.3 Å². The van der Waals surface area contributed by atoms with Crippen LogP contribution in [-0.2, 0) is 11.2 Å². The largest absolute Gasteiger partial charge is 0.274 e. The molecule has 4 rings (SSSR count). The smallest absolute Gasteiger partial charge is 0.265 e. The molecule has 1 aliphatic rings. The number of aromatic nitrogens is 3. The summed E-state index contributed by atoms with van der Waals surface area (Å²) in [5, 5.41) is 4.09. The maximum absolute atomic E-state index is 12.8. The highest BCUT2D eigenvalue weighted by Crippen LogP contribution is 2.29. The van der Waals surface area contributed by atoms with Gasteiger partial charge < -0.3 is 0 Å². The zero-order chi connectivity index (χ0) is 15.8. The summed E-state index contributed by atoms with van der Waals surface area (Å²) >= 11 is 0. The third-order valence-corrected chi connectivity index (χ3v) is 3.83. The standard InChI is InChI=1S/C17H12N4O2/c22-16-9-12-5-1-2-6-13(12)17(23)21(16)15-8-4-3-7-14(15)20-11-18-10-19-20/h1-8,10-11H,9H2. The van der Waals surface area contributed by atoms with E-state index in [2.05, 4.69) is 10.1 Å². The van der Waals surface area contributed by atoms with Crippen LogP contribution in [0.25, 0.3) is 5.69 Å². The molecule has 112 valence electrons. The number of fused-ring (bicyclic) bond motifs is 1. The van der Waals surface area contributed by atoms with Crippen LogP contribution in [0, 0.1) is 0 Å². The fourth-order valence-corrected chi connectivity index (χ4v) is 2.78. The number of carbonyl (C=O) groups excluding carboxylic acids is 2. The number of amides is 2. The van der Waals surface area contributed by atoms with Crippen LogP contribution in [0.4, 0.5) is 5.69 Å². The lowest BCUT2D eigenvalue weighted by Crippen LogP contribution is -2.43. The van der Waals surface area contributed by atoms with Crippen LogP contribution in [0.1, 0.15) is 15.9 Å². The second-order valence-corrected chi connectivity index (χ2v) is 5.20. The number of imide groups is 1. The van der Waals surface area contributed by atoms with Gasteiger partial charge in [0.2, 0.25) is 5.91 Å². The Balaban J connectivity index is 1.86. The molecule has 23 heavy (non-hydrogen) atoms. The summed E-state index contributed by atoms with van der Waals surface area (Å²) in [7, 11) is 0. The number of hydrogen-bond donors (Lipinski definition) is 0. The minimum Gasteiger partial charge on any atom is -0.274 e. The van der Waals surface area contributed by atoms with Gasteiger partial charge in [-0.25, -0.2) is 14.6 Å². The first kappa shape index (κ1) is 13.4. The Labute approximate surface area is 132 Å². The van der Waals surface area contributed by atoms with Crippen molar-refractivity contribution in [2.24, 2.45) is 0 Å². The van der Waals surface area contributed by atoms with Gasteiger partial charge in [0.05, 0.1) is 17.8 Å². The molecule has 0 spiro atoms. The molecule has 0 saturated carbocycles. The molecule has 0 radical (unpaired) electrons. The molecule has 2 heterocycles. The van der Waals surface area contributed by atoms with E-state index in [0.717, 1.165) is 5.56 Å². The third-order valence-electron chi connectivity index (χ3n) is 3.83. The first-order valence-corrected chi connectivity index (χ1v) is 7.15. The van der Waals surface area contributed by atoms with Crippen molar-refractivity contribution in [2.75, 3.05) is 4.90 Å². The van der Waals surface area contributed by atoms with E-state index in [1.807, 2.05) is 18.2 Å². The number of hydrogen-bond acceptors (Lipinski definition) is 4. The monoisotopic (exact) mass is 304 g/mol. The fraction of sp³-hybridized carbons (Fsp3) is 0.0588. The molecule has 0 unspecified atom stereocenters. The summed E-state index contributed by atoms with van der Waals surface area (Å²) in [6, 6.07) is 14.3. The molecule has 0 saturated heterocycles. The number of nitrogens with zero attached hydrogens (tertiary/aromatic N) is 4. The molecule has 2 amide bonds. The minimum absolute atomic E-state index is 0.202. The van der Waals surface area contributed by atoms with E-state index in [1.165, 1.54) is 22.2 Å². The Kier molecular flexibility index (Phi) is 3.01. The number of carbonyl (C=O) groups is 2. The van der Waals surface area contributed by atoms with E-state index >= 15 is 0 Å². The molecule has 2 aromatic carbocycles. The normalized spacial score (nSPS) is 14.0. The SMILES string of the molecule is O=C1Cc2ccccc2C(=O)N1c1ccccc1-n1cncn1. The summed E-state index contributed by atoms with van der Waals surface area (Å²) in [6.07, 6.45) is 3.14. The van der Waals surface area contributed by atoms with Gasteiger partial charge in [0.15, 0.2) is 0 Å². The van der Waals surface area contributed by atoms with Crippen molar-refractivity contribution in [1.82, 2.24) is 14.8 Å². The zero-order valence-electron chi connectivity index (χ0n) is 12.1. The topological polar surface area (TPSA) is 68.1 Å². The summed E-state index contributed by atoms with van der Waals surface area (Å²) in [5.74, 6) is -0.564. The van der Waals surface area contributed by atoms with Crippen molar-refractivity contribution < 1.29 is 9.59 Å². The van der Waals surface area contributed by atoms with Crippen LogP contribution in [0.15, 0.2) is 61.2 Å². The molecule has 0 bridgehead atoms. The molecular formula is C17H12N4O2. The highest BCUT2D eigenvalue weighted by molar-refractivity contribution is 6.25. The van der Waals surface area contributed by atoms with Gasteiger partial charge in [-0.05, 0) is 23.8 Å². The van der Waals surface area contributed by atoms with Crippen molar-refractivity contribution in [3.05, 3.63) is 72.3 Å². The third kappa shape index (κ3) is 2.12. The van der Waals surface area contributed by atoms with Crippen molar-refractivity contribution >= 4 is 17.5 Å². The lowest BCUT2D eigenvalue weighted by atomic mass is 9.98. The van der Waals surface area contributed by atoms with E-state index in [4.69, 9.17) is 0 Å². The highest BCUT2D eigenvalue weighted by Gasteiger charge is 2.33. The average molecular weight is 304 g/mol. The molecule has 0 atom stereocenters. The van der Waals surface area contributed by atoms with Crippen molar-refractivity contribution in [3.8, 4) is 5.69 Å². The minimum atomic E-state index is -0.315. The first-order valence-electron chi connectivity index (χ1n) is 7.15. The van der Waals surface area contributed by atoms with Crippen molar-refractivity contribution in [2.45, 2.75) is 6.42 Å². The predicted molar refractivity (Wildman–Crippen MR) is 83.3 cm³/mol. The van der Waals surface area contributed by atoms with Gasteiger partial charge in [0.25, 0.3) is 5.91 Å². The average Bonchev–Trinajstić information content (AvgIpc) is 3.10. The van der Waals surface area contributed by atoms with Gasteiger partial charge in [0.1, 0.15) is 12.7 Å². The molecule has 3 aromatic rings. The molecule has 6 nitrogen and oxygen atoms in total. The van der Waals surface area contributed by atoms with Gasteiger partial charge in [0, 0.05) is 5.56 Å². The van der Waals surface area contributed by atoms with Gasteiger partial charge in [-0.1, -0.05) is 30.3 Å². The molecular weight excluding hydrogens is 292 g/mol. The number of para-hydroxylation sites is 2. The second kappa shape index (κ2) is 5.17.